The quantitative estimate of drug-likeness (QED) is 0.561. The summed E-state index contributed by atoms with van der Waals surface area (Å²) in [4.78, 5) is 44.3. The summed E-state index contributed by atoms with van der Waals surface area (Å²) in [5, 5.41) is 10.3. The lowest BCUT2D eigenvalue weighted by molar-refractivity contribution is -0.183. The minimum Gasteiger partial charge on any atom is -0.465 e. The van der Waals surface area contributed by atoms with Crippen molar-refractivity contribution in [1.82, 2.24) is 14.7 Å². The van der Waals surface area contributed by atoms with Crippen LogP contribution < -0.4 is 0 Å². The first-order valence-electron chi connectivity index (χ1n) is 11.1. The van der Waals surface area contributed by atoms with Crippen molar-refractivity contribution in [1.29, 1.82) is 0 Å². The van der Waals surface area contributed by atoms with Crippen LogP contribution in [0.2, 0.25) is 0 Å². The minimum absolute atomic E-state index is 0.158. The number of esters is 1. The van der Waals surface area contributed by atoms with Crippen LogP contribution in [0.4, 0.5) is 0 Å². The lowest BCUT2D eigenvalue weighted by Gasteiger charge is -2.60. The molecule has 4 aliphatic rings. The number of carbonyl (C=O) groups is 3. The Hall–Kier alpha value is -2.29. The maximum atomic E-state index is 13.7. The van der Waals surface area contributed by atoms with E-state index in [-0.39, 0.29) is 18.4 Å². The van der Waals surface area contributed by atoms with E-state index in [1.54, 1.807) is 24.3 Å². The first kappa shape index (κ1) is 20.6. The number of carbonyl (C=O) groups excluding carboxylic acids is 3. The molecule has 1 aliphatic carbocycles. The van der Waals surface area contributed by atoms with E-state index >= 15 is 0 Å². The fourth-order valence-electron chi connectivity index (χ4n) is 5.84. The molecule has 4 fully saturated rings. The number of methoxy groups -OCH3 is 1. The van der Waals surface area contributed by atoms with E-state index < -0.39 is 23.7 Å². The molecule has 8 nitrogen and oxygen atoms in total. The molecule has 0 aromatic heterocycles. The van der Waals surface area contributed by atoms with Gasteiger partial charge < -0.3 is 9.84 Å². The zero-order chi connectivity index (χ0) is 21.8. The van der Waals surface area contributed by atoms with Crippen LogP contribution in [-0.4, -0.2) is 88.1 Å². The molecule has 3 aliphatic heterocycles. The Morgan fingerprint density at radius 1 is 1.16 bits per heavy atom. The number of rotatable bonds is 4. The van der Waals surface area contributed by atoms with Crippen molar-refractivity contribution in [3.05, 3.63) is 35.4 Å². The van der Waals surface area contributed by atoms with Crippen molar-refractivity contribution in [2.75, 3.05) is 26.7 Å². The maximum Gasteiger partial charge on any atom is 0.337 e. The van der Waals surface area contributed by atoms with Gasteiger partial charge in [0.15, 0.2) is 0 Å². The van der Waals surface area contributed by atoms with E-state index in [0.717, 1.165) is 5.56 Å². The van der Waals surface area contributed by atoms with Gasteiger partial charge in [-0.2, -0.15) is 0 Å². The average Bonchev–Trinajstić information content (AvgIpc) is 3.40. The summed E-state index contributed by atoms with van der Waals surface area (Å²) in [6.45, 7) is 1.81. The van der Waals surface area contributed by atoms with Gasteiger partial charge in [-0.05, 0) is 37.0 Å². The van der Waals surface area contributed by atoms with Gasteiger partial charge in [-0.3, -0.25) is 24.3 Å². The number of aliphatic hydroxyl groups is 1. The molecule has 2 amide bonds. The van der Waals surface area contributed by atoms with Crippen LogP contribution in [0.5, 0.6) is 0 Å². The largest absolute Gasteiger partial charge is 0.465 e. The number of ether oxygens (including phenoxy) is 1. The predicted octanol–water partition coefficient (Wildman–Crippen LogP) is 0.774. The van der Waals surface area contributed by atoms with Gasteiger partial charge in [-0.1, -0.05) is 25.0 Å². The summed E-state index contributed by atoms with van der Waals surface area (Å²) >= 11 is 0. The number of imide groups is 1. The number of aliphatic hydroxyl groups excluding tert-OH is 1. The summed E-state index contributed by atoms with van der Waals surface area (Å²) in [7, 11) is 1.33. The number of nitrogens with zero attached hydrogens (tertiary/aromatic N) is 3. The summed E-state index contributed by atoms with van der Waals surface area (Å²) in [6.07, 6.45) is 4.60. The van der Waals surface area contributed by atoms with Gasteiger partial charge in [0, 0.05) is 25.7 Å². The van der Waals surface area contributed by atoms with Crippen molar-refractivity contribution in [2.24, 2.45) is 0 Å². The van der Waals surface area contributed by atoms with E-state index in [2.05, 4.69) is 4.90 Å². The summed E-state index contributed by atoms with van der Waals surface area (Å²) in [6, 6.07) is 6.87. The molecule has 31 heavy (non-hydrogen) atoms. The van der Waals surface area contributed by atoms with E-state index in [9.17, 15) is 19.5 Å². The van der Waals surface area contributed by atoms with E-state index in [1.807, 2.05) is 4.90 Å². The van der Waals surface area contributed by atoms with Crippen molar-refractivity contribution in [2.45, 2.75) is 62.4 Å². The SMILES string of the molecule is COC(=O)c1ccc(CN2C(=O)[C@@H]3C[C@@H](O)CN3C3(CN(C4CCCC4)C3)C2=O)cc1. The second-order valence-electron chi connectivity index (χ2n) is 9.35. The normalized spacial score (nSPS) is 28.8. The molecule has 1 saturated carbocycles. The molecule has 2 atom stereocenters. The number of amides is 2. The number of benzene rings is 1. The van der Waals surface area contributed by atoms with Gasteiger partial charge in [0.05, 0.1) is 31.4 Å². The predicted molar refractivity (Wildman–Crippen MR) is 111 cm³/mol. The highest BCUT2D eigenvalue weighted by molar-refractivity contribution is 6.06. The Balaban J connectivity index is 1.38. The van der Waals surface area contributed by atoms with Crippen molar-refractivity contribution in [3.8, 4) is 0 Å². The Bertz CT molecular complexity index is 889. The molecule has 1 aromatic carbocycles. The molecular weight excluding hydrogens is 398 g/mol. The van der Waals surface area contributed by atoms with Crippen LogP contribution in [0.1, 0.15) is 48.0 Å². The molecule has 0 radical (unpaired) electrons. The van der Waals surface area contributed by atoms with Gasteiger partial charge in [-0.15, -0.1) is 0 Å². The minimum atomic E-state index is -0.718. The number of hydrogen-bond donors (Lipinski definition) is 1. The number of fused-ring (bicyclic) bond motifs is 2. The first-order chi connectivity index (χ1) is 14.9. The molecule has 5 rings (SSSR count). The lowest BCUT2D eigenvalue weighted by atomic mass is 9.81. The van der Waals surface area contributed by atoms with Gasteiger partial charge >= 0.3 is 5.97 Å². The smallest absolute Gasteiger partial charge is 0.337 e. The van der Waals surface area contributed by atoms with Crippen LogP contribution in [0.25, 0.3) is 0 Å². The third kappa shape index (κ3) is 3.28. The maximum absolute atomic E-state index is 13.7. The second-order valence-corrected chi connectivity index (χ2v) is 9.35. The van der Waals surface area contributed by atoms with Crippen molar-refractivity contribution < 1.29 is 24.2 Å². The Labute approximate surface area is 181 Å². The van der Waals surface area contributed by atoms with E-state index in [4.69, 9.17) is 4.74 Å². The molecule has 1 aromatic rings. The molecule has 166 valence electrons. The molecule has 0 bridgehead atoms. The van der Waals surface area contributed by atoms with Gasteiger partial charge in [0.25, 0.3) is 5.91 Å². The third-order valence-electron chi connectivity index (χ3n) is 7.51. The topological polar surface area (TPSA) is 90.4 Å². The molecule has 3 heterocycles. The van der Waals surface area contributed by atoms with Gasteiger partial charge in [0.1, 0.15) is 5.54 Å². The number of hydrogen-bond acceptors (Lipinski definition) is 7. The zero-order valence-electron chi connectivity index (χ0n) is 17.8. The molecule has 8 heteroatoms. The van der Waals surface area contributed by atoms with Crippen molar-refractivity contribution in [3.63, 3.8) is 0 Å². The Morgan fingerprint density at radius 2 is 1.84 bits per heavy atom. The first-order valence-corrected chi connectivity index (χ1v) is 11.1. The van der Waals surface area contributed by atoms with Crippen LogP contribution in [0.3, 0.4) is 0 Å². The van der Waals surface area contributed by atoms with Crippen LogP contribution >= 0.6 is 0 Å². The molecule has 0 unspecified atom stereocenters. The standard InChI is InChI=1S/C23H29N3O5/c1-31-21(29)16-8-6-15(7-9-16)11-25-20(28)19-10-18(27)12-26(19)23(22(25)30)13-24(14-23)17-4-2-3-5-17/h6-9,17-19,27H,2-5,10-14H2,1H3/t18-,19+/m1/s1. The van der Waals surface area contributed by atoms with Crippen LogP contribution in [0, 0.1) is 0 Å². The fraction of sp³-hybridized carbons (Fsp3) is 0.609. The highest BCUT2D eigenvalue weighted by Crippen LogP contribution is 2.43. The zero-order valence-corrected chi connectivity index (χ0v) is 17.8. The Morgan fingerprint density at radius 3 is 2.48 bits per heavy atom. The second kappa shape index (κ2) is 7.69. The van der Waals surface area contributed by atoms with Gasteiger partial charge in [-0.25, -0.2) is 4.79 Å². The third-order valence-corrected chi connectivity index (χ3v) is 7.51. The highest BCUT2D eigenvalue weighted by atomic mass is 16.5. The number of β-amino-alcohol motifs (C(OH)–C–C–N with tert-alkyl or cyclic N) is 1. The molecule has 3 saturated heterocycles. The number of likely N-dealkylation sites (tertiary alicyclic amines) is 1. The van der Waals surface area contributed by atoms with E-state index in [1.165, 1.54) is 37.7 Å². The van der Waals surface area contributed by atoms with Gasteiger partial charge in [0.2, 0.25) is 5.91 Å². The lowest BCUT2D eigenvalue weighted by Crippen LogP contribution is -2.82. The van der Waals surface area contributed by atoms with E-state index in [0.29, 0.717) is 37.7 Å². The van der Waals surface area contributed by atoms with Crippen LogP contribution in [0.15, 0.2) is 24.3 Å². The monoisotopic (exact) mass is 427 g/mol. The van der Waals surface area contributed by atoms with Crippen molar-refractivity contribution >= 4 is 17.8 Å². The average molecular weight is 428 g/mol. The summed E-state index contributed by atoms with van der Waals surface area (Å²) in [5.74, 6) is -0.814. The summed E-state index contributed by atoms with van der Waals surface area (Å²) in [5.41, 5.74) is 0.490. The molecule has 1 N–H and O–H groups in total. The summed E-state index contributed by atoms with van der Waals surface area (Å²) < 4.78 is 4.73. The Kier molecular flexibility index (Phi) is 5.11. The number of piperazine rings is 1. The van der Waals surface area contributed by atoms with Crippen LogP contribution in [-0.2, 0) is 20.9 Å². The highest BCUT2D eigenvalue weighted by Gasteiger charge is 2.64. The fourth-order valence-corrected chi connectivity index (χ4v) is 5.84. The molecular formula is C23H29N3O5. The molecule has 1 spiro atoms.